The van der Waals surface area contributed by atoms with E-state index in [1.165, 1.54) is 47.0 Å². The topological polar surface area (TPSA) is 114 Å². The lowest BCUT2D eigenvalue weighted by Crippen LogP contribution is -2.48. The van der Waals surface area contributed by atoms with Gasteiger partial charge in [0.05, 0.1) is 22.0 Å². The summed E-state index contributed by atoms with van der Waals surface area (Å²) in [6, 6.07) is 12.5. The average molecular weight is 578 g/mol. The molecule has 2 heterocycles. The second kappa shape index (κ2) is 10.7. The number of piperazine rings is 1. The van der Waals surface area contributed by atoms with Gasteiger partial charge in [-0.1, -0.05) is 39.0 Å². The summed E-state index contributed by atoms with van der Waals surface area (Å²) in [5, 5.41) is 2.10. The molecule has 1 amide bonds. The molecule has 1 aliphatic rings. The second-order valence-corrected chi connectivity index (χ2v) is 15.1. The Bertz CT molecular complexity index is 1520. The number of hydrogen-bond donors (Lipinski definition) is 0. The standard InChI is InChI=1S/C26H31N3O6S3/c1-26(2,3)18-35-22-11-10-20(37(4,31)32)16-21(22)24(30)28-12-14-29(15-13-28)25-27-23(17-36-25)38(33,34)19-8-6-5-7-9-19/h5-11,16-17H,12-15,18H2,1-4H3. The third kappa shape index (κ3) is 6.36. The Morgan fingerprint density at radius 2 is 1.63 bits per heavy atom. The first-order chi connectivity index (χ1) is 17.8. The van der Waals surface area contributed by atoms with Crippen molar-refractivity contribution in [1.82, 2.24) is 9.88 Å². The van der Waals surface area contributed by atoms with Crippen LogP contribution >= 0.6 is 11.3 Å². The lowest BCUT2D eigenvalue weighted by molar-refractivity contribution is 0.0739. The van der Waals surface area contributed by atoms with Crippen molar-refractivity contribution in [3.05, 3.63) is 59.5 Å². The van der Waals surface area contributed by atoms with Gasteiger partial charge in [0, 0.05) is 37.8 Å². The molecule has 38 heavy (non-hydrogen) atoms. The Hall–Kier alpha value is -2.96. The smallest absolute Gasteiger partial charge is 0.257 e. The van der Waals surface area contributed by atoms with E-state index in [9.17, 15) is 21.6 Å². The summed E-state index contributed by atoms with van der Waals surface area (Å²) in [5.41, 5.74) is 0.0539. The van der Waals surface area contributed by atoms with E-state index in [4.69, 9.17) is 4.74 Å². The van der Waals surface area contributed by atoms with Crippen molar-refractivity contribution in [2.45, 2.75) is 35.6 Å². The fourth-order valence-electron chi connectivity index (χ4n) is 3.84. The monoisotopic (exact) mass is 577 g/mol. The highest BCUT2D eigenvalue weighted by Crippen LogP contribution is 2.30. The summed E-state index contributed by atoms with van der Waals surface area (Å²) in [5.74, 6) is 0.0287. The molecule has 4 rings (SSSR count). The molecule has 0 unspecified atom stereocenters. The predicted molar refractivity (Wildman–Crippen MR) is 147 cm³/mol. The number of aromatic nitrogens is 1. The molecule has 0 radical (unpaired) electrons. The number of carbonyl (C=O) groups excluding carboxylic acids is 1. The average Bonchev–Trinajstić information content (AvgIpc) is 3.38. The largest absolute Gasteiger partial charge is 0.492 e. The van der Waals surface area contributed by atoms with E-state index >= 15 is 0 Å². The van der Waals surface area contributed by atoms with Crippen LogP contribution < -0.4 is 9.64 Å². The minimum Gasteiger partial charge on any atom is -0.492 e. The number of anilines is 1. The number of carbonyl (C=O) groups is 1. The summed E-state index contributed by atoms with van der Waals surface area (Å²) < 4.78 is 56.0. The van der Waals surface area contributed by atoms with E-state index in [1.807, 2.05) is 25.7 Å². The molecule has 0 atom stereocenters. The van der Waals surface area contributed by atoms with E-state index in [2.05, 4.69) is 4.98 Å². The Labute approximate surface area is 227 Å². The van der Waals surface area contributed by atoms with Gasteiger partial charge in [-0.3, -0.25) is 4.79 Å². The number of benzene rings is 2. The Kier molecular flexibility index (Phi) is 7.87. The molecule has 1 aliphatic heterocycles. The molecule has 2 aromatic carbocycles. The fraction of sp³-hybridized carbons (Fsp3) is 0.385. The molecule has 9 nitrogen and oxygen atoms in total. The molecule has 1 aromatic heterocycles. The maximum atomic E-state index is 13.5. The van der Waals surface area contributed by atoms with Crippen LogP contribution in [0.3, 0.4) is 0 Å². The van der Waals surface area contributed by atoms with Gasteiger partial charge in [0.1, 0.15) is 5.75 Å². The third-order valence-electron chi connectivity index (χ3n) is 5.91. The van der Waals surface area contributed by atoms with Crippen LogP contribution in [0.4, 0.5) is 5.13 Å². The molecule has 0 saturated carbocycles. The first-order valence-electron chi connectivity index (χ1n) is 12.0. The highest BCUT2D eigenvalue weighted by atomic mass is 32.2. The van der Waals surface area contributed by atoms with Crippen LogP contribution in [0.1, 0.15) is 31.1 Å². The van der Waals surface area contributed by atoms with Crippen LogP contribution in [0.2, 0.25) is 0 Å². The quantitative estimate of drug-likeness (QED) is 0.417. The highest BCUT2D eigenvalue weighted by Gasteiger charge is 2.29. The van der Waals surface area contributed by atoms with Gasteiger partial charge in [-0.15, -0.1) is 11.3 Å². The molecule has 12 heteroatoms. The van der Waals surface area contributed by atoms with Crippen molar-refractivity contribution in [3.8, 4) is 5.75 Å². The Morgan fingerprint density at radius 3 is 2.24 bits per heavy atom. The second-order valence-electron chi connectivity index (χ2n) is 10.3. The summed E-state index contributed by atoms with van der Waals surface area (Å²) in [6.45, 7) is 8.01. The van der Waals surface area contributed by atoms with Crippen molar-refractivity contribution in [2.24, 2.45) is 5.41 Å². The molecule has 1 saturated heterocycles. The highest BCUT2D eigenvalue weighted by molar-refractivity contribution is 7.91. The van der Waals surface area contributed by atoms with Crippen LogP contribution in [-0.4, -0.2) is 71.7 Å². The molecular formula is C26H31N3O6S3. The summed E-state index contributed by atoms with van der Waals surface area (Å²) in [4.78, 5) is 21.7. The van der Waals surface area contributed by atoms with Crippen molar-refractivity contribution in [2.75, 3.05) is 43.9 Å². The molecule has 0 bridgehead atoms. The van der Waals surface area contributed by atoms with Gasteiger partial charge in [-0.25, -0.2) is 21.8 Å². The predicted octanol–water partition coefficient (Wildman–Crippen LogP) is 3.77. The van der Waals surface area contributed by atoms with Crippen molar-refractivity contribution < 1.29 is 26.4 Å². The Balaban J connectivity index is 1.50. The van der Waals surface area contributed by atoms with Crippen LogP contribution in [0.25, 0.3) is 0 Å². The fourth-order valence-corrected chi connectivity index (χ4v) is 6.90. The van der Waals surface area contributed by atoms with Gasteiger partial charge in [0.2, 0.25) is 9.84 Å². The summed E-state index contributed by atoms with van der Waals surface area (Å²) in [7, 11) is -7.22. The molecule has 1 fully saturated rings. The van der Waals surface area contributed by atoms with E-state index in [-0.39, 0.29) is 31.7 Å². The number of hydrogen-bond acceptors (Lipinski definition) is 9. The van der Waals surface area contributed by atoms with Crippen molar-refractivity contribution >= 4 is 42.1 Å². The maximum Gasteiger partial charge on any atom is 0.257 e. The minimum absolute atomic E-state index is 0.000403. The number of nitrogens with zero attached hydrogens (tertiary/aromatic N) is 3. The summed E-state index contributed by atoms with van der Waals surface area (Å²) >= 11 is 1.25. The number of thiazole rings is 1. The minimum atomic E-state index is -3.71. The molecular weight excluding hydrogens is 547 g/mol. The molecule has 3 aromatic rings. The first kappa shape index (κ1) is 28.1. The zero-order valence-corrected chi connectivity index (χ0v) is 24.2. The van der Waals surface area contributed by atoms with E-state index in [1.54, 1.807) is 23.1 Å². The molecule has 0 aliphatic carbocycles. The number of sulfone groups is 2. The number of ether oxygens (including phenoxy) is 1. The van der Waals surface area contributed by atoms with E-state index in [0.717, 1.165) is 6.26 Å². The van der Waals surface area contributed by atoms with Crippen LogP contribution in [0.5, 0.6) is 5.75 Å². The molecule has 204 valence electrons. The van der Waals surface area contributed by atoms with E-state index in [0.29, 0.717) is 43.7 Å². The van der Waals surface area contributed by atoms with Crippen molar-refractivity contribution in [1.29, 1.82) is 0 Å². The maximum absolute atomic E-state index is 13.5. The van der Waals surface area contributed by atoms with Gasteiger partial charge in [0.25, 0.3) is 5.91 Å². The normalized spacial score (nSPS) is 14.9. The van der Waals surface area contributed by atoms with Gasteiger partial charge in [-0.05, 0) is 35.7 Å². The van der Waals surface area contributed by atoms with Gasteiger partial charge < -0.3 is 14.5 Å². The zero-order valence-electron chi connectivity index (χ0n) is 21.7. The zero-order chi connectivity index (χ0) is 27.7. The van der Waals surface area contributed by atoms with Gasteiger partial charge in [0.15, 0.2) is 20.0 Å². The number of amides is 1. The van der Waals surface area contributed by atoms with Crippen LogP contribution in [0.15, 0.2) is 68.7 Å². The third-order valence-corrected chi connectivity index (χ3v) is 9.72. The summed E-state index contributed by atoms with van der Waals surface area (Å²) in [6.07, 6.45) is 1.10. The van der Waals surface area contributed by atoms with Gasteiger partial charge in [-0.2, -0.15) is 0 Å². The SMILES string of the molecule is CC(C)(C)COc1ccc(S(C)(=O)=O)cc1C(=O)N1CCN(c2nc(S(=O)(=O)c3ccccc3)cs2)CC1. The molecule has 0 N–H and O–H groups in total. The van der Waals surface area contributed by atoms with E-state index < -0.39 is 19.7 Å². The van der Waals surface area contributed by atoms with Gasteiger partial charge >= 0.3 is 0 Å². The lowest BCUT2D eigenvalue weighted by Gasteiger charge is -2.35. The first-order valence-corrected chi connectivity index (χ1v) is 16.3. The Morgan fingerprint density at radius 1 is 0.974 bits per heavy atom. The lowest BCUT2D eigenvalue weighted by atomic mass is 9.98. The van der Waals surface area contributed by atoms with Crippen LogP contribution in [0, 0.1) is 5.41 Å². The van der Waals surface area contributed by atoms with Crippen molar-refractivity contribution in [3.63, 3.8) is 0 Å². The number of rotatable bonds is 7. The molecule has 0 spiro atoms. The van der Waals surface area contributed by atoms with Crippen LogP contribution in [-0.2, 0) is 19.7 Å².